The third-order valence-electron chi connectivity index (χ3n) is 4.82. The second-order valence-electron chi connectivity index (χ2n) is 6.97. The molecule has 1 aliphatic heterocycles. The number of para-hydroxylation sites is 1. The Morgan fingerprint density at radius 1 is 1.19 bits per heavy atom. The van der Waals surface area contributed by atoms with E-state index in [-0.39, 0.29) is 18.2 Å². The van der Waals surface area contributed by atoms with Crippen molar-refractivity contribution in [2.75, 3.05) is 11.9 Å². The number of aromatic nitrogens is 2. The summed E-state index contributed by atoms with van der Waals surface area (Å²) in [6.45, 7) is 1.59. The first-order valence-electron chi connectivity index (χ1n) is 9.90. The Balaban J connectivity index is 1.48. The highest BCUT2D eigenvalue weighted by Gasteiger charge is 2.17. The number of amides is 1. The first-order valence-corrected chi connectivity index (χ1v) is 9.90. The first-order chi connectivity index (χ1) is 15.5. The third kappa shape index (κ3) is 4.22. The molecule has 2 aromatic carbocycles. The molecule has 2 heterocycles. The number of hydrogen-bond donors (Lipinski definition) is 3. The van der Waals surface area contributed by atoms with Crippen molar-refractivity contribution in [3.8, 4) is 5.88 Å². The highest BCUT2D eigenvalue weighted by molar-refractivity contribution is 6.21. The number of carbonyl (C=O) groups is 2. The minimum Gasteiger partial charge on any atom is -0.493 e. The number of esters is 1. The van der Waals surface area contributed by atoms with Crippen LogP contribution in [0.3, 0.4) is 0 Å². The molecule has 3 aromatic rings. The van der Waals surface area contributed by atoms with Crippen LogP contribution in [-0.2, 0) is 16.1 Å². The van der Waals surface area contributed by atoms with Crippen LogP contribution < -0.4 is 11.0 Å². The molecule has 0 saturated heterocycles. The molecule has 162 valence electrons. The Labute approximate surface area is 182 Å². The van der Waals surface area contributed by atoms with Crippen molar-refractivity contribution in [1.82, 2.24) is 9.55 Å². The number of aromatic hydroxyl groups is 1. The number of aromatic amines is 1. The Bertz CT molecular complexity index is 1300. The predicted molar refractivity (Wildman–Crippen MR) is 120 cm³/mol. The maximum absolute atomic E-state index is 12.4. The lowest BCUT2D eigenvalue weighted by Gasteiger charge is -2.07. The van der Waals surface area contributed by atoms with Gasteiger partial charge in [0.1, 0.15) is 12.2 Å². The molecule has 9 heteroatoms. The van der Waals surface area contributed by atoms with Crippen LogP contribution in [-0.4, -0.2) is 39.4 Å². The third-order valence-corrected chi connectivity index (χ3v) is 4.82. The highest BCUT2D eigenvalue weighted by atomic mass is 16.5. The Morgan fingerprint density at radius 2 is 1.94 bits per heavy atom. The van der Waals surface area contributed by atoms with Crippen molar-refractivity contribution in [1.29, 1.82) is 0 Å². The minimum atomic E-state index is -0.620. The van der Waals surface area contributed by atoms with Gasteiger partial charge in [-0.1, -0.05) is 18.2 Å². The van der Waals surface area contributed by atoms with Gasteiger partial charge in [-0.15, -0.1) is 0 Å². The summed E-state index contributed by atoms with van der Waals surface area (Å²) in [7, 11) is 0. The van der Waals surface area contributed by atoms with E-state index in [1.807, 2.05) is 24.3 Å². The van der Waals surface area contributed by atoms with Gasteiger partial charge in [0.05, 0.1) is 17.9 Å². The molecule has 0 atom stereocenters. The molecule has 0 aliphatic carbocycles. The molecule has 0 spiro atoms. The molecular weight excluding hydrogens is 412 g/mol. The van der Waals surface area contributed by atoms with Crippen LogP contribution in [0.4, 0.5) is 11.4 Å². The number of fused-ring (bicyclic) bond motifs is 1. The molecule has 0 radical (unpaired) electrons. The number of rotatable bonds is 6. The number of H-pyrrole nitrogens is 1. The van der Waals surface area contributed by atoms with Crippen LogP contribution in [0.1, 0.15) is 28.5 Å². The fourth-order valence-corrected chi connectivity index (χ4v) is 3.29. The standard InChI is InChI=1S/C23H20N4O5/c1-2-32-22(30)14-7-9-16(10-8-14)25-20(28)13-27-21(29)19(26-23(27)31)11-15-12-24-18-6-4-3-5-17(15)18/h3-12,29H,2,13H2,1H3,(H,25,28)(H,26,31)/b15-11+. The molecule has 3 N–H and O–H groups in total. The minimum absolute atomic E-state index is 0.180. The molecule has 9 nitrogen and oxygen atoms in total. The van der Waals surface area contributed by atoms with Crippen molar-refractivity contribution in [3.05, 3.63) is 75.8 Å². The molecule has 1 aromatic heterocycles. The van der Waals surface area contributed by atoms with Crippen molar-refractivity contribution < 1.29 is 19.4 Å². The second kappa shape index (κ2) is 8.76. The van der Waals surface area contributed by atoms with E-state index in [4.69, 9.17) is 4.74 Å². The summed E-state index contributed by atoms with van der Waals surface area (Å²) in [5, 5.41) is 13.1. The molecule has 1 amide bonds. The highest BCUT2D eigenvalue weighted by Crippen LogP contribution is 2.32. The van der Waals surface area contributed by atoms with Gasteiger partial charge < -0.3 is 20.1 Å². The number of benzene rings is 2. The zero-order valence-corrected chi connectivity index (χ0v) is 17.2. The molecule has 1 aliphatic rings. The number of allylic oxidation sites excluding steroid dienone is 1. The van der Waals surface area contributed by atoms with Gasteiger partial charge in [0.25, 0.3) is 0 Å². The van der Waals surface area contributed by atoms with E-state index in [0.717, 1.165) is 21.4 Å². The van der Waals surface area contributed by atoms with E-state index in [0.29, 0.717) is 11.3 Å². The molecule has 0 saturated carbocycles. The van der Waals surface area contributed by atoms with E-state index < -0.39 is 24.1 Å². The van der Waals surface area contributed by atoms with Crippen molar-refractivity contribution >= 4 is 41.1 Å². The smallest absolute Gasteiger partial charge is 0.338 e. The quantitative estimate of drug-likeness (QED) is 0.517. The summed E-state index contributed by atoms with van der Waals surface area (Å²) < 4.78 is 5.85. The van der Waals surface area contributed by atoms with E-state index >= 15 is 0 Å². The Kier molecular flexibility index (Phi) is 5.71. The number of nitrogens with one attached hydrogen (secondary N) is 2. The van der Waals surface area contributed by atoms with Gasteiger partial charge in [-0.25, -0.2) is 9.59 Å². The van der Waals surface area contributed by atoms with E-state index in [1.54, 1.807) is 31.3 Å². The van der Waals surface area contributed by atoms with Crippen LogP contribution in [0.2, 0.25) is 0 Å². The van der Waals surface area contributed by atoms with Crippen molar-refractivity contribution in [2.24, 2.45) is 4.99 Å². The molecule has 32 heavy (non-hydrogen) atoms. The number of nitrogens with zero attached hydrogens (tertiary/aromatic N) is 2. The molecule has 4 rings (SSSR count). The maximum Gasteiger partial charge on any atom is 0.338 e. The Hall–Kier alpha value is -4.40. The molecule has 0 bridgehead atoms. The van der Waals surface area contributed by atoms with Gasteiger partial charge in [0, 0.05) is 23.0 Å². The van der Waals surface area contributed by atoms with Crippen LogP contribution >= 0.6 is 0 Å². The number of aliphatic imine (C=N–C) groups is 1. The summed E-state index contributed by atoms with van der Waals surface area (Å²) in [5.74, 6) is -1.32. The van der Waals surface area contributed by atoms with Crippen molar-refractivity contribution in [3.63, 3.8) is 0 Å². The number of hydrogen-bond acceptors (Lipinski definition) is 6. The number of carbonyl (C=O) groups excluding carboxylic acids is 2. The summed E-state index contributed by atoms with van der Waals surface area (Å²) in [6.07, 6.45) is 3.25. The maximum atomic E-state index is 12.4. The molecule has 0 unspecified atom stereocenters. The topological polar surface area (TPSA) is 126 Å². The van der Waals surface area contributed by atoms with Gasteiger partial charge in [-0.05, 0) is 43.3 Å². The fraction of sp³-hybridized carbons (Fsp3) is 0.130. The first kappa shape index (κ1) is 20.9. The van der Waals surface area contributed by atoms with Crippen LogP contribution in [0, 0.1) is 0 Å². The van der Waals surface area contributed by atoms with E-state index in [9.17, 15) is 19.5 Å². The second-order valence-corrected chi connectivity index (χ2v) is 6.97. The molecular formula is C23H20N4O5. The van der Waals surface area contributed by atoms with Crippen molar-refractivity contribution in [2.45, 2.75) is 13.5 Å². The van der Waals surface area contributed by atoms with E-state index in [1.165, 1.54) is 12.1 Å². The number of ether oxygens (including phenoxy) is 1. The molecule has 0 fully saturated rings. The normalized spacial score (nSPS) is 13.2. The van der Waals surface area contributed by atoms with Crippen LogP contribution in [0.5, 0.6) is 5.88 Å². The average molecular weight is 432 g/mol. The summed E-state index contributed by atoms with van der Waals surface area (Å²) in [4.78, 5) is 43.3. The number of imidazole rings is 1. The van der Waals surface area contributed by atoms with Crippen LogP contribution in [0.15, 0.2) is 58.3 Å². The summed E-state index contributed by atoms with van der Waals surface area (Å²) in [6, 6.07) is 13.7. The monoisotopic (exact) mass is 432 g/mol. The SMILES string of the molecule is CCOC(=O)c1ccc(NC(=O)Cn2c(O)c(/C=C3\C=Nc4ccccc43)[nH]c2=O)cc1. The Morgan fingerprint density at radius 3 is 2.69 bits per heavy atom. The lowest BCUT2D eigenvalue weighted by molar-refractivity contribution is -0.116. The summed E-state index contributed by atoms with van der Waals surface area (Å²) in [5.41, 5.74) is 2.77. The lowest BCUT2D eigenvalue weighted by Crippen LogP contribution is -2.25. The zero-order valence-electron chi connectivity index (χ0n) is 17.2. The van der Waals surface area contributed by atoms with Gasteiger partial charge >= 0.3 is 11.7 Å². The van der Waals surface area contributed by atoms with Gasteiger partial charge in [-0.3, -0.25) is 14.4 Å². The van der Waals surface area contributed by atoms with E-state index in [2.05, 4.69) is 15.3 Å². The summed E-state index contributed by atoms with van der Waals surface area (Å²) >= 11 is 0. The fourth-order valence-electron chi connectivity index (χ4n) is 3.29. The van der Waals surface area contributed by atoms with Gasteiger partial charge in [-0.2, -0.15) is 0 Å². The number of anilines is 1. The average Bonchev–Trinajstić information content (AvgIpc) is 3.31. The predicted octanol–water partition coefficient (Wildman–Crippen LogP) is 2.95. The lowest BCUT2D eigenvalue weighted by atomic mass is 10.1. The van der Waals surface area contributed by atoms with Crippen LogP contribution in [0.25, 0.3) is 11.6 Å². The van der Waals surface area contributed by atoms with Gasteiger partial charge in [0.15, 0.2) is 0 Å². The largest absolute Gasteiger partial charge is 0.493 e. The zero-order chi connectivity index (χ0) is 22.7. The van der Waals surface area contributed by atoms with Gasteiger partial charge in [0.2, 0.25) is 11.8 Å².